The van der Waals surface area contributed by atoms with E-state index < -0.39 is 11.9 Å². The molecule has 4 heteroatoms. The smallest absolute Gasteiger partial charge is 0.231 e. The monoisotopic (exact) mass is 281 g/mol. The molecule has 0 amide bonds. The van der Waals surface area contributed by atoms with E-state index in [9.17, 15) is 9.90 Å². The molecule has 0 N–H and O–H groups in total. The molecule has 2 unspecified atom stereocenters. The third kappa shape index (κ3) is 1.87. The standard InChI is InChI=1S/C17H14O4/c18-17(19)13-7-10-3-1-2-4-12(10)16(13)11-5-6-14-15(8-11)21-9-20-14/h1-6,8,13,16H,7,9H2,(H,18,19)/p-1. The lowest BCUT2D eigenvalue weighted by atomic mass is 9.86. The summed E-state index contributed by atoms with van der Waals surface area (Å²) in [6.07, 6.45) is 0.512. The van der Waals surface area contributed by atoms with Gasteiger partial charge in [-0.3, -0.25) is 0 Å². The maximum atomic E-state index is 11.5. The van der Waals surface area contributed by atoms with Crippen molar-refractivity contribution in [2.75, 3.05) is 6.79 Å². The van der Waals surface area contributed by atoms with Gasteiger partial charge in [0, 0.05) is 17.8 Å². The average Bonchev–Trinajstić information content (AvgIpc) is 3.10. The van der Waals surface area contributed by atoms with Crippen LogP contribution >= 0.6 is 0 Å². The summed E-state index contributed by atoms with van der Waals surface area (Å²) in [7, 11) is 0. The van der Waals surface area contributed by atoms with Crippen LogP contribution in [0.1, 0.15) is 22.6 Å². The number of carbonyl (C=O) groups excluding carboxylic acids is 1. The number of rotatable bonds is 2. The Bertz CT molecular complexity index is 722. The number of benzene rings is 2. The minimum atomic E-state index is -1.01. The average molecular weight is 281 g/mol. The van der Waals surface area contributed by atoms with Crippen molar-refractivity contribution in [3.8, 4) is 11.5 Å². The van der Waals surface area contributed by atoms with Gasteiger partial charge in [-0.1, -0.05) is 30.3 Å². The van der Waals surface area contributed by atoms with Crippen LogP contribution in [-0.4, -0.2) is 12.8 Å². The van der Waals surface area contributed by atoms with Crippen LogP contribution in [0, 0.1) is 5.92 Å². The van der Waals surface area contributed by atoms with Crippen LogP contribution < -0.4 is 14.6 Å². The van der Waals surface area contributed by atoms with E-state index in [0.717, 1.165) is 16.7 Å². The summed E-state index contributed by atoms with van der Waals surface area (Å²) in [5.41, 5.74) is 3.07. The van der Waals surface area contributed by atoms with Crippen LogP contribution in [0.5, 0.6) is 11.5 Å². The molecule has 1 aliphatic heterocycles. The van der Waals surface area contributed by atoms with Gasteiger partial charge in [0.1, 0.15) is 0 Å². The molecule has 1 aliphatic carbocycles. The fourth-order valence-electron chi connectivity index (χ4n) is 3.33. The Labute approximate surface area is 121 Å². The molecule has 0 saturated carbocycles. The van der Waals surface area contributed by atoms with Crippen molar-refractivity contribution < 1.29 is 19.4 Å². The summed E-state index contributed by atoms with van der Waals surface area (Å²) in [5, 5.41) is 11.5. The van der Waals surface area contributed by atoms with Gasteiger partial charge in [-0.05, 0) is 35.2 Å². The molecule has 4 rings (SSSR count). The van der Waals surface area contributed by atoms with Crippen molar-refractivity contribution in [3.63, 3.8) is 0 Å². The Morgan fingerprint density at radius 3 is 2.76 bits per heavy atom. The number of ether oxygens (including phenoxy) is 2. The quantitative estimate of drug-likeness (QED) is 0.836. The fraction of sp³-hybridized carbons (Fsp3) is 0.235. The molecule has 106 valence electrons. The highest BCUT2D eigenvalue weighted by Gasteiger charge is 2.34. The molecule has 0 saturated heterocycles. The minimum absolute atomic E-state index is 0.194. The zero-order chi connectivity index (χ0) is 14.4. The second-order valence-electron chi connectivity index (χ2n) is 5.42. The highest BCUT2D eigenvalue weighted by atomic mass is 16.7. The first-order valence-corrected chi connectivity index (χ1v) is 6.92. The van der Waals surface area contributed by atoms with Gasteiger partial charge in [-0.2, -0.15) is 0 Å². The van der Waals surface area contributed by atoms with Gasteiger partial charge in [0.05, 0.1) is 0 Å². The summed E-state index contributed by atoms with van der Waals surface area (Å²) in [6, 6.07) is 13.5. The summed E-state index contributed by atoms with van der Waals surface area (Å²) in [5.74, 6) is -0.360. The molecule has 2 aromatic rings. The molecule has 2 aromatic carbocycles. The number of hydrogen-bond donors (Lipinski definition) is 0. The van der Waals surface area contributed by atoms with Crippen LogP contribution in [0.3, 0.4) is 0 Å². The first-order chi connectivity index (χ1) is 10.2. The number of carbonyl (C=O) groups is 1. The number of fused-ring (bicyclic) bond motifs is 2. The third-order valence-corrected chi connectivity index (χ3v) is 4.29. The Morgan fingerprint density at radius 2 is 1.90 bits per heavy atom. The van der Waals surface area contributed by atoms with Crippen LogP contribution in [0.4, 0.5) is 0 Å². The number of hydrogen-bond acceptors (Lipinski definition) is 4. The largest absolute Gasteiger partial charge is 0.550 e. The van der Waals surface area contributed by atoms with Gasteiger partial charge in [0.2, 0.25) is 6.79 Å². The third-order valence-electron chi connectivity index (χ3n) is 4.29. The predicted molar refractivity (Wildman–Crippen MR) is 73.1 cm³/mol. The summed E-state index contributed by atoms with van der Waals surface area (Å²) in [6.45, 7) is 0.212. The summed E-state index contributed by atoms with van der Waals surface area (Å²) >= 11 is 0. The van der Waals surface area contributed by atoms with Crippen molar-refractivity contribution >= 4 is 5.97 Å². The molecule has 0 aromatic heterocycles. The minimum Gasteiger partial charge on any atom is -0.550 e. The highest BCUT2D eigenvalue weighted by molar-refractivity contribution is 5.73. The van der Waals surface area contributed by atoms with Gasteiger partial charge in [-0.25, -0.2) is 0 Å². The highest BCUT2D eigenvalue weighted by Crippen LogP contribution is 2.44. The van der Waals surface area contributed by atoms with Crippen molar-refractivity contribution in [2.24, 2.45) is 5.92 Å². The molecule has 0 spiro atoms. The lowest BCUT2D eigenvalue weighted by Gasteiger charge is -2.22. The van der Waals surface area contributed by atoms with Crippen molar-refractivity contribution in [1.29, 1.82) is 0 Å². The maximum absolute atomic E-state index is 11.5. The first kappa shape index (κ1) is 12.3. The summed E-state index contributed by atoms with van der Waals surface area (Å²) < 4.78 is 10.7. The SMILES string of the molecule is O=C([O-])C1Cc2ccccc2C1c1ccc2c(c1)OCO2. The van der Waals surface area contributed by atoms with Gasteiger partial charge < -0.3 is 19.4 Å². The molecule has 0 fully saturated rings. The zero-order valence-corrected chi connectivity index (χ0v) is 11.2. The van der Waals surface area contributed by atoms with E-state index in [-0.39, 0.29) is 12.7 Å². The molecule has 2 atom stereocenters. The van der Waals surface area contributed by atoms with Crippen LogP contribution in [0.25, 0.3) is 0 Å². The lowest BCUT2D eigenvalue weighted by Crippen LogP contribution is -2.34. The van der Waals surface area contributed by atoms with Crippen LogP contribution in [0.2, 0.25) is 0 Å². The zero-order valence-electron chi connectivity index (χ0n) is 11.2. The van der Waals surface area contributed by atoms with Crippen molar-refractivity contribution in [2.45, 2.75) is 12.3 Å². The van der Waals surface area contributed by atoms with E-state index in [0.29, 0.717) is 17.9 Å². The van der Waals surface area contributed by atoms with Gasteiger partial charge in [0.25, 0.3) is 0 Å². The van der Waals surface area contributed by atoms with Crippen LogP contribution in [0.15, 0.2) is 42.5 Å². The topological polar surface area (TPSA) is 58.6 Å². The molecule has 2 aliphatic rings. The predicted octanol–water partition coefficient (Wildman–Crippen LogP) is 1.47. The summed E-state index contributed by atoms with van der Waals surface area (Å²) in [4.78, 5) is 11.5. The van der Waals surface area contributed by atoms with E-state index in [4.69, 9.17) is 9.47 Å². The fourth-order valence-corrected chi connectivity index (χ4v) is 3.33. The second kappa shape index (κ2) is 4.52. The molecule has 1 heterocycles. The molecule has 21 heavy (non-hydrogen) atoms. The number of aliphatic carboxylic acids is 1. The van der Waals surface area contributed by atoms with E-state index in [1.54, 1.807) is 0 Å². The Hall–Kier alpha value is -2.49. The van der Waals surface area contributed by atoms with E-state index in [1.165, 1.54) is 0 Å². The Balaban J connectivity index is 1.82. The van der Waals surface area contributed by atoms with Crippen LogP contribution in [-0.2, 0) is 11.2 Å². The Morgan fingerprint density at radius 1 is 1.10 bits per heavy atom. The number of carboxylic acid groups (broad SMARTS) is 1. The van der Waals surface area contributed by atoms with E-state index in [2.05, 4.69) is 0 Å². The Kier molecular flexibility index (Phi) is 2.64. The molecular formula is C17H13O4-. The molecular weight excluding hydrogens is 268 g/mol. The number of carboxylic acids is 1. The van der Waals surface area contributed by atoms with Crippen molar-refractivity contribution in [1.82, 2.24) is 0 Å². The molecule has 0 radical (unpaired) electrons. The maximum Gasteiger partial charge on any atom is 0.231 e. The first-order valence-electron chi connectivity index (χ1n) is 6.92. The van der Waals surface area contributed by atoms with E-state index in [1.807, 2.05) is 42.5 Å². The van der Waals surface area contributed by atoms with Gasteiger partial charge in [0.15, 0.2) is 11.5 Å². The second-order valence-corrected chi connectivity index (χ2v) is 5.42. The molecule has 4 nitrogen and oxygen atoms in total. The molecule has 0 bridgehead atoms. The van der Waals surface area contributed by atoms with Gasteiger partial charge >= 0.3 is 0 Å². The lowest BCUT2D eigenvalue weighted by molar-refractivity contribution is -0.311. The van der Waals surface area contributed by atoms with Gasteiger partial charge in [-0.15, -0.1) is 0 Å². The van der Waals surface area contributed by atoms with Crippen molar-refractivity contribution in [3.05, 3.63) is 59.2 Å². The van der Waals surface area contributed by atoms with E-state index >= 15 is 0 Å². The normalized spacial score (nSPS) is 22.1.